The monoisotopic (exact) mass is 291 g/mol. The average molecular weight is 292 g/mol. The molecule has 0 aromatic heterocycles. The largest absolute Gasteiger partial charge is 0.382 e. The smallest absolute Gasteiger partial charge is 0.0343 e. The van der Waals surface area contributed by atoms with E-state index < -0.39 is 0 Å². The molecular weight excluding hydrogens is 262 g/mol. The SMILES string of the molecule is CCC(C)(C)C1CCC(Nc2ccc(SC)cc2)CC1. The maximum absolute atomic E-state index is 3.71. The van der Waals surface area contributed by atoms with Gasteiger partial charge in [0, 0.05) is 16.6 Å². The lowest BCUT2D eigenvalue weighted by atomic mass is 9.69. The molecule has 0 saturated heterocycles. The van der Waals surface area contributed by atoms with Crippen LogP contribution in [0.15, 0.2) is 29.2 Å². The first-order valence-electron chi connectivity index (χ1n) is 7.95. The van der Waals surface area contributed by atoms with Crippen LogP contribution in [0.5, 0.6) is 0 Å². The fourth-order valence-corrected chi connectivity index (χ4v) is 3.64. The third-order valence-electron chi connectivity index (χ3n) is 5.20. The summed E-state index contributed by atoms with van der Waals surface area (Å²) in [6, 6.07) is 9.51. The summed E-state index contributed by atoms with van der Waals surface area (Å²) in [7, 11) is 0. The Morgan fingerprint density at radius 3 is 2.20 bits per heavy atom. The molecular formula is C18H29NS. The fourth-order valence-electron chi connectivity index (χ4n) is 3.23. The van der Waals surface area contributed by atoms with Crippen LogP contribution >= 0.6 is 11.8 Å². The van der Waals surface area contributed by atoms with Crippen LogP contribution in [0.3, 0.4) is 0 Å². The van der Waals surface area contributed by atoms with Crippen LogP contribution in [-0.2, 0) is 0 Å². The molecule has 112 valence electrons. The van der Waals surface area contributed by atoms with Gasteiger partial charge in [-0.05, 0) is 67.5 Å². The third-order valence-corrected chi connectivity index (χ3v) is 5.95. The van der Waals surface area contributed by atoms with Crippen molar-refractivity contribution in [1.29, 1.82) is 0 Å². The van der Waals surface area contributed by atoms with Crippen LogP contribution in [-0.4, -0.2) is 12.3 Å². The highest BCUT2D eigenvalue weighted by Crippen LogP contribution is 2.40. The van der Waals surface area contributed by atoms with Gasteiger partial charge in [-0.2, -0.15) is 0 Å². The Kier molecular flexibility index (Phi) is 5.42. The number of nitrogens with one attached hydrogen (secondary N) is 1. The van der Waals surface area contributed by atoms with Crippen molar-refractivity contribution in [2.75, 3.05) is 11.6 Å². The summed E-state index contributed by atoms with van der Waals surface area (Å²) in [4.78, 5) is 1.34. The predicted molar refractivity (Wildman–Crippen MR) is 91.7 cm³/mol. The second-order valence-corrected chi connectivity index (χ2v) is 7.64. The van der Waals surface area contributed by atoms with E-state index in [-0.39, 0.29) is 0 Å². The topological polar surface area (TPSA) is 12.0 Å². The minimum absolute atomic E-state index is 0.519. The van der Waals surface area contributed by atoms with Gasteiger partial charge >= 0.3 is 0 Å². The van der Waals surface area contributed by atoms with Crippen molar-refractivity contribution in [1.82, 2.24) is 0 Å². The van der Waals surface area contributed by atoms with Gasteiger partial charge in [0.2, 0.25) is 0 Å². The molecule has 1 aromatic carbocycles. The highest BCUT2D eigenvalue weighted by molar-refractivity contribution is 7.98. The zero-order valence-corrected chi connectivity index (χ0v) is 14.2. The van der Waals surface area contributed by atoms with Crippen molar-refractivity contribution in [2.24, 2.45) is 11.3 Å². The molecule has 2 rings (SSSR count). The van der Waals surface area contributed by atoms with Crippen LogP contribution in [0.2, 0.25) is 0 Å². The molecule has 0 atom stereocenters. The molecule has 0 bridgehead atoms. The summed E-state index contributed by atoms with van der Waals surface area (Å²) in [5.41, 5.74) is 1.80. The van der Waals surface area contributed by atoms with Crippen molar-refractivity contribution >= 4 is 17.4 Å². The Morgan fingerprint density at radius 1 is 1.10 bits per heavy atom. The van der Waals surface area contributed by atoms with E-state index in [4.69, 9.17) is 0 Å². The van der Waals surface area contributed by atoms with E-state index in [9.17, 15) is 0 Å². The van der Waals surface area contributed by atoms with Gasteiger partial charge in [-0.1, -0.05) is 27.2 Å². The number of thioether (sulfide) groups is 1. The summed E-state index contributed by atoms with van der Waals surface area (Å²) in [6.45, 7) is 7.21. The van der Waals surface area contributed by atoms with Crippen LogP contribution in [0.1, 0.15) is 52.9 Å². The zero-order valence-electron chi connectivity index (χ0n) is 13.4. The lowest BCUT2D eigenvalue weighted by molar-refractivity contribution is 0.147. The standard InChI is InChI=1S/C18H29NS/c1-5-18(2,3)14-6-8-15(9-7-14)19-16-10-12-17(20-4)13-11-16/h10-15,19H,5-9H2,1-4H3. The first kappa shape index (κ1) is 15.8. The van der Waals surface area contributed by atoms with E-state index in [0.29, 0.717) is 11.5 Å². The van der Waals surface area contributed by atoms with E-state index in [1.165, 1.54) is 42.7 Å². The molecule has 1 aromatic rings. The van der Waals surface area contributed by atoms with Gasteiger partial charge in [0.25, 0.3) is 0 Å². The normalized spacial score (nSPS) is 23.6. The Bertz CT molecular complexity index is 402. The molecule has 2 heteroatoms. The zero-order chi connectivity index (χ0) is 14.6. The summed E-state index contributed by atoms with van der Waals surface area (Å²) in [6.07, 6.45) is 8.81. The van der Waals surface area contributed by atoms with E-state index in [1.54, 1.807) is 11.8 Å². The quantitative estimate of drug-likeness (QED) is 0.686. The second-order valence-electron chi connectivity index (χ2n) is 6.76. The van der Waals surface area contributed by atoms with Crippen molar-refractivity contribution in [3.05, 3.63) is 24.3 Å². The van der Waals surface area contributed by atoms with Crippen molar-refractivity contribution < 1.29 is 0 Å². The van der Waals surface area contributed by atoms with Gasteiger partial charge < -0.3 is 5.32 Å². The van der Waals surface area contributed by atoms with Crippen LogP contribution in [0.4, 0.5) is 5.69 Å². The molecule has 1 fully saturated rings. The van der Waals surface area contributed by atoms with Gasteiger partial charge in [0.1, 0.15) is 0 Å². The summed E-state index contributed by atoms with van der Waals surface area (Å²) >= 11 is 1.80. The summed E-state index contributed by atoms with van der Waals surface area (Å²) in [5, 5.41) is 3.71. The van der Waals surface area contributed by atoms with Gasteiger partial charge in [-0.3, -0.25) is 0 Å². The number of anilines is 1. The van der Waals surface area contributed by atoms with Crippen molar-refractivity contribution in [3.63, 3.8) is 0 Å². The minimum atomic E-state index is 0.519. The molecule has 0 amide bonds. The highest BCUT2D eigenvalue weighted by atomic mass is 32.2. The molecule has 20 heavy (non-hydrogen) atoms. The van der Waals surface area contributed by atoms with Crippen molar-refractivity contribution in [2.45, 2.75) is 63.8 Å². The molecule has 0 heterocycles. The minimum Gasteiger partial charge on any atom is -0.382 e. The number of benzene rings is 1. The van der Waals surface area contributed by atoms with Gasteiger partial charge in [-0.15, -0.1) is 11.8 Å². The Balaban J connectivity index is 1.85. The maximum atomic E-state index is 3.71. The molecule has 0 unspecified atom stereocenters. The van der Waals surface area contributed by atoms with Crippen molar-refractivity contribution in [3.8, 4) is 0 Å². The molecule has 1 aliphatic rings. The molecule has 0 spiro atoms. The molecule has 1 aliphatic carbocycles. The third kappa shape index (κ3) is 3.94. The number of rotatable bonds is 5. The van der Waals surface area contributed by atoms with Crippen LogP contribution < -0.4 is 5.32 Å². The van der Waals surface area contributed by atoms with E-state index in [1.807, 2.05) is 0 Å². The number of hydrogen-bond acceptors (Lipinski definition) is 2. The van der Waals surface area contributed by atoms with E-state index in [2.05, 4.69) is 56.6 Å². The molecule has 1 N–H and O–H groups in total. The molecule has 0 aliphatic heterocycles. The Hall–Kier alpha value is -0.630. The van der Waals surface area contributed by atoms with Gasteiger partial charge in [0.05, 0.1) is 0 Å². The van der Waals surface area contributed by atoms with Gasteiger partial charge in [0.15, 0.2) is 0 Å². The predicted octanol–water partition coefficient (Wildman–Crippen LogP) is 5.82. The lowest BCUT2D eigenvalue weighted by Crippen LogP contribution is -2.32. The highest BCUT2D eigenvalue weighted by Gasteiger charge is 2.31. The number of hydrogen-bond donors (Lipinski definition) is 1. The van der Waals surface area contributed by atoms with E-state index in [0.717, 1.165) is 5.92 Å². The Morgan fingerprint density at radius 2 is 1.70 bits per heavy atom. The summed E-state index contributed by atoms with van der Waals surface area (Å²) in [5.74, 6) is 0.907. The lowest BCUT2D eigenvalue weighted by Gasteiger charge is -2.39. The first-order valence-corrected chi connectivity index (χ1v) is 9.18. The summed E-state index contributed by atoms with van der Waals surface area (Å²) < 4.78 is 0. The van der Waals surface area contributed by atoms with Crippen LogP contribution in [0, 0.1) is 11.3 Å². The maximum Gasteiger partial charge on any atom is 0.0343 e. The van der Waals surface area contributed by atoms with Crippen LogP contribution in [0.25, 0.3) is 0 Å². The first-order chi connectivity index (χ1) is 9.55. The average Bonchev–Trinajstić information content (AvgIpc) is 2.48. The fraction of sp³-hybridized carbons (Fsp3) is 0.667. The van der Waals surface area contributed by atoms with Gasteiger partial charge in [-0.25, -0.2) is 0 Å². The second kappa shape index (κ2) is 6.89. The Labute approximate surface area is 128 Å². The molecule has 0 radical (unpaired) electrons. The van der Waals surface area contributed by atoms with E-state index >= 15 is 0 Å². The molecule has 1 nitrogen and oxygen atoms in total. The molecule has 1 saturated carbocycles.